The van der Waals surface area contributed by atoms with Crippen molar-refractivity contribution in [1.82, 2.24) is 5.32 Å². The minimum Gasteiger partial charge on any atom is -0.387 e. The Balaban J connectivity index is 4.14. The third kappa shape index (κ3) is 56.5. The average Bonchev–Trinajstić information content (AvgIpc) is 3.33. The van der Waals surface area contributed by atoms with Gasteiger partial charge in [-0.15, -0.1) is 0 Å². The lowest BCUT2D eigenvalue weighted by atomic mass is 10.0. The number of likely N-dealkylation sites (N-methyl/N-ethyl adjacent to an activating group) is 1. The molecule has 0 aliphatic rings. The first-order chi connectivity index (χ1) is 34.5. The molecule has 1 amide bonds. The van der Waals surface area contributed by atoms with Gasteiger partial charge in [0.05, 0.1) is 39.9 Å². The Morgan fingerprint density at radius 1 is 0.465 bits per heavy atom. The van der Waals surface area contributed by atoms with Crippen LogP contribution >= 0.6 is 7.82 Å². The van der Waals surface area contributed by atoms with Gasteiger partial charge in [-0.1, -0.05) is 301 Å². The summed E-state index contributed by atoms with van der Waals surface area (Å²) in [5.74, 6) is -0.179. The molecule has 0 saturated heterocycles. The monoisotopic (exact) mass is 1020 g/mol. The number of amides is 1. The zero-order valence-corrected chi connectivity index (χ0v) is 49.1. The van der Waals surface area contributed by atoms with Crippen LogP contribution in [0.25, 0.3) is 0 Å². The minimum absolute atomic E-state index is 0.0589. The van der Waals surface area contributed by atoms with E-state index in [1.165, 1.54) is 257 Å². The molecule has 0 saturated carbocycles. The zero-order valence-electron chi connectivity index (χ0n) is 48.2. The second-order valence-electron chi connectivity index (χ2n) is 22.8. The van der Waals surface area contributed by atoms with Crippen LogP contribution in [0.4, 0.5) is 0 Å². The van der Waals surface area contributed by atoms with Gasteiger partial charge in [0, 0.05) is 6.42 Å². The van der Waals surface area contributed by atoms with Crippen LogP contribution in [-0.4, -0.2) is 73.4 Å². The summed E-state index contributed by atoms with van der Waals surface area (Å²) in [5, 5.41) is 13.9. The number of hydrogen-bond acceptors (Lipinski definition) is 5. The van der Waals surface area contributed by atoms with Gasteiger partial charge in [-0.3, -0.25) is 13.8 Å². The quantitative estimate of drug-likeness (QED) is 0.0243. The molecule has 3 N–H and O–H groups in total. The second-order valence-corrected chi connectivity index (χ2v) is 24.2. The number of aliphatic hydroxyl groups is 1. The summed E-state index contributed by atoms with van der Waals surface area (Å²) in [6, 6.07) is -0.861. The van der Waals surface area contributed by atoms with E-state index in [1.807, 2.05) is 27.2 Å². The van der Waals surface area contributed by atoms with Crippen molar-refractivity contribution >= 4 is 13.7 Å². The Morgan fingerprint density at radius 2 is 0.775 bits per heavy atom. The van der Waals surface area contributed by atoms with Crippen molar-refractivity contribution in [3.05, 3.63) is 24.3 Å². The number of aliphatic hydroxyl groups excluding tert-OH is 1. The number of rotatable bonds is 58. The van der Waals surface area contributed by atoms with Crippen LogP contribution in [-0.2, 0) is 18.4 Å². The fraction of sp³-hybridized carbons (Fsp3) is 0.919. The molecule has 0 fully saturated rings. The largest absolute Gasteiger partial charge is 0.472 e. The summed E-state index contributed by atoms with van der Waals surface area (Å²) < 4.78 is 23.7. The molecule has 0 aromatic carbocycles. The maximum absolute atomic E-state index is 13.0. The summed E-state index contributed by atoms with van der Waals surface area (Å²) in [6.45, 7) is 4.85. The predicted octanol–water partition coefficient (Wildman–Crippen LogP) is 19.2. The summed E-state index contributed by atoms with van der Waals surface area (Å²) in [7, 11) is 1.57. The number of carbonyl (C=O) groups is 1. The summed E-state index contributed by atoms with van der Waals surface area (Å²) in [5.41, 5.74) is 0. The van der Waals surface area contributed by atoms with Crippen LogP contribution in [0.3, 0.4) is 0 Å². The molecule has 0 aliphatic carbocycles. The van der Waals surface area contributed by atoms with Gasteiger partial charge in [0.2, 0.25) is 5.91 Å². The van der Waals surface area contributed by atoms with Gasteiger partial charge in [0.15, 0.2) is 0 Å². The van der Waals surface area contributed by atoms with Gasteiger partial charge in [-0.2, -0.15) is 0 Å². The van der Waals surface area contributed by atoms with Crippen LogP contribution in [0.2, 0.25) is 0 Å². The highest BCUT2D eigenvalue weighted by Gasteiger charge is 2.27. The van der Waals surface area contributed by atoms with Crippen molar-refractivity contribution < 1.29 is 32.9 Å². The first-order valence-corrected chi connectivity index (χ1v) is 32.7. The standard InChI is InChI=1S/C62H123N2O6P/c1-6-8-10-12-14-16-18-20-22-24-26-28-30-31-32-33-34-36-38-40-42-44-46-48-50-52-54-56-62(66)63-60(59-70-71(67,68)69-58-57-64(3,4)5)61(65)55-53-51-49-47-45-43-41-39-37-35-29-27-25-23-21-19-17-15-13-11-9-7-2/h45,47,53,55,60-61,65H,6-44,46,48-52,54,56-59H2,1-5H3,(H-,63,66,67,68)/p+1/b47-45+,55-53+. The number of phosphoric acid groups is 1. The number of quaternary nitrogens is 1. The van der Waals surface area contributed by atoms with Gasteiger partial charge < -0.3 is 19.8 Å². The van der Waals surface area contributed by atoms with E-state index in [9.17, 15) is 19.4 Å². The lowest BCUT2D eigenvalue weighted by molar-refractivity contribution is -0.870. The lowest BCUT2D eigenvalue weighted by Crippen LogP contribution is -2.45. The minimum atomic E-state index is -4.35. The zero-order chi connectivity index (χ0) is 52.0. The lowest BCUT2D eigenvalue weighted by Gasteiger charge is -2.25. The molecule has 3 atom stereocenters. The van der Waals surface area contributed by atoms with Crippen molar-refractivity contribution in [3.63, 3.8) is 0 Å². The maximum Gasteiger partial charge on any atom is 0.472 e. The molecule has 71 heavy (non-hydrogen) atoms. The molecule has 3 unspecified atom stereocenters. The Labute approximate surface area is 443 Å². The van der Waals surface area contributed by atoms with Gasteiger partial charge >= 0.3 is 7.82 Å². The third-order valence-corrected chi connectivity index (χ3v) is 15.4. The molecule has 0 heterocycles. The van der Waals surface area contributed by atoms with Crippen LogP contribution < -0.4 is 5.32 Å². The number of nitrogens with one attached hydrogen (secondary N) is 1. The number of carbonyl (C=O) groups excluding carboxylic acids is 1. The normalized spacial score (nSPS) is 14.0. The number of phosphoric ester groups is 1. The number of hydrogen-bond donors (Lipinski definition) is 3. The molecule has 9 heteroatoms. The third-order valence-electron chi connectivity index (χ3n) is 14.4. The van der Waals surface area contributed by atoms with Gasteiger partial charge in [-0.05, 0) is 32.1 Å². The van der Waals surface area contributed by atoms with Gasteiger partial charge in [0.25, 0.3) is 0 Å². The van der Waals surface area contributed by atoms with E-state index < -0.39 is 20.0 Å². The molecular formula is C62H124N2O6P+. The Kier molecular flexibility index (Phi) is 53.0. The highest BCUT2D eigenvalue weighted by molar-refractivity contribution is 7.47. The van der Waals surface area contributed by atoms with Crippen molar-refractivity contribution in [3.8, 4) is 0 Å². The molecule has 0 aromatic heterocycles. The second kappa shape index (κ2) is 53.8. The molecule has 0 spiro atoms. The maximum atomic E-state index is 13.0. The molecule has 8 nitrogen and oxygen atoms in total. The molecule has 422 valence electrons. The van der Waals surface area contributed by atoms with Crippen molar-refractivity contribution in [2.45, 2.75) is 328 Å². The SMILES string of the molecule is CCCCCCCCCCCCCCCCCC/C=C/CC/C=C/C(O)C(COP(=O)(O)OCC[N+](C)(C)C)NC(=O)CCCCCCCCCCCCCCCCCCCCCCCCCCCCC. The molecule has 0 aliphatic heterocycles. The Bertz CT molecular complexity index is 1210. The smallest absolute Gasteiger partial charge is 0.387 e. The van der Waals surface area contributed by atoms with Crippen molar-refractivity contribution in [1.29, 1.82) is 0 Å². The molecule has 0 bridgehead atoms. The van der Waals surface area contributed by atoms with Crippen LogP contribution in [0.1, 0.15) is 316 Å². The number of allylic oxidation sites excluding steroid dienone is 3. The van der Waals surface area contributed by atoms with Crippen LogP contribution in [0, 0.1) is 0 Å². The van der Waals surface area contributed by atoms with E-state index in [0.29, 0.717) is 17.4 Å². The Morgan fingerprint density at radius 3 is 1.13 bits per heavy atom. The summed E-state index contributed by atoms with van der Waals surface area (Å²) >= 11 is 0. The van der Waals surface area contributed by atoms with E-state index >= 15 is 0 Å². The van der Waals surface area contributed by atoms with Crippen molar-refractivity contribution in [2.75, 3.05) is 40.9 Å². The molecular weight excluding hydrogens is 900 g/mol. The van der Waals surface area contributed by atoms with E-state index in [1.54, 1.807) is 6.08 Å². The first kappa shape index (κ1) is 70.0. The highest BCUT2D eigenvalue weighted by Crippen LogP contribution is 2.43. The fourth-order valence-corrected chi connectivity index (χ4v) is 10.3. The molecule has 0 rings (SSSR count). The first-order valence-electron chi connectivity index (χ1n) is 31.2. The van der Waals surface area contributed by atoms with E-state index in [0.717, 1.165) is 38.5 Å². The number of nitrogens with zero attached hydrogens (tertiary/aromatic N) is 1. The van der Waals surface area contributed by atoms with Crippen LogP contribution in [0.5, 0.6) is 0 Å². The number of unbranched alkanes of at least 4 members (excludes halogenated alkanes) is 43. The predicted molar refractivity (Wildman–Crippen MR) is 309 cm³/mol. The molecule has 0 aromatic rings. The van der Waals surface area contributed by atoms with E-state index in [2.05, 4.69) is 31.3 Å². The van der Waals surface area contributed by atoms with Crippen LogP contribution in [0.15, 0.2) is 24.3 Å². The van der Waals surface area contributed by atoms with Crippen molar-refractivity contribution in [2.24, 2.45) is 0 Å². The fourth-order valence-electron chi connectivity index (χ4n) is 9.53. The van der Waals surface area contributed by atoms with E-state index in [-0.39, 0.29) is 19.1 Å². The van der Waals surface area contributed by atoms with E-state index in [4.69, 9.17) is 9.05 Å². The van der Waals surface area contributed by atoms with Gasteiger partial charge in [-0.25, -0.2) is 4.57 Å². The van der Waals surface area contributed by atoms with Gasteiger partial charge in [0.1, 0.15) is 13.2 Å². The summed E-state index contributed by atoms with van der Waals surface area (Å²) in [6.07, 6.45) is 68.7. The Hall–Kier alpha value is -1.02. The summed E-state index contributed by atoms with van der Waals surface area (Å²) in [4.78, 5) is 23.3. The average molecular weight is 1020 g/mol. The highest BCUT2D eigenvalue weighted by atomic mass is 31.2. The topological polar surface area (TPSA) is 105 Å². The molecule has 0 radical (unpaired) electrons.